The monoisotopic (exact) mass is 1420 g/mol. The van der Waals surface area contributed by atoms with Crippen molar-refractivity contribution in [1.82, 2.24) is 0 Å². The zero-order valence-electron chi connectivity index (χ0n) is 67.6. The maximum absolute atomic E-state index is 5.57. The summed E-state index contributed by atoms with van der Waals surface area (Å²) in [4.78, 5) is 11.1. The number of unbranched alkanes of at least 4 members (excludes halogenated alkanes) is 64. The number of aliphatic imine (C=N–C) groups is 2. The second-order valence-electron chi connectivity index (χ2n) is 31.0. The van der Waals surface area contributed by atoms with Crippen molar-refractivity contribution >= 4 is 22.8 Å². The molecule has 0 radical (unpaired) electrons. The normalized spacial score (nSPS) is 11.8. The largest absolute Gasteiger partial charge is 2.00 e. The first-order chi connectivity index (χ1) is 49.2. The molecule has 0 aromatic heterocycles. The molecule has 0 N–H and O–H groups in total. The Hall–Kier alpha value is -2.87. The molecule has 0 saturated carbocycles. The molecule has 2 aromatic carbocycles. The number of hydrogen-bond donors (Lipinski definition) is 0. The molecule has 574 valence electrons. The summed E-state index contributed by atoms with van der Waals surface area (Å²) in [5.41, 5.74) is 6.87. The molecule has 0 aliphatic carbocycles. The fraction of sp³-hybridized carbons (Fsp3) is 0.794. The second kappa shape index (κ2) is 80.2. The van der Waals surface area contributed by atoms with Crippen molar-refractivity contribution in [1.29, 1.82) is 0 Å². The van der Waals surface area contributed by atoms with Gasteiger partial charge in [-0.3, -0.25) is 4.99 Å². The van der Waals surface area contributed by atoms with Gasteiger partial charge in [0, 0.05) is 25.7 Å². The number of allylic oxidation sites excluding steroid dienone is 2. The minimum Gasteiger partial charge on any atom is -0.251 e. The van der Waals surface area contributed by atoms with E-state index in [1.807, 2.05) is 0 Å². The van der Waals surface area contributed by atoms with E-state index in [1.165, 1.54) is 416 Å². The molecule has 0 saturated heterocycles. The summed E-state index contributed by atoms with van der Waals surface area (Å²) in [7, 11) is 0. The number of para-hydroxylation sites is 2. The maximum Gasteiger partial charge on any atom is 2.00 e. The maximum atomic E-state index is 5.57. The van der Waals surface area contributed by atoms with Gasteiger partial charge in [0.15, 0.2) is 0 Å². The fourth-order valence-electron chi connectivity index (χ4n) is 14.6. The van der Waals surface area contributed by atoms with Crippen LogP contribution in [0.4, 0.5) is 11.4 Å². The van der Waals surface area contributed by atoms with Crippen LogP contribution in [0.25, 0.3) is 0 Å². The summed E-state index contributed by atoms with van der Waals surface area (Å²) in [5, 5.41) is 0. The predicted molar refractivity (Wildman–Crippen MR) is 450 cm³/mol. The van der Waals surface area contributed by atoms with Gasteiger partial charge in [-0.2, -0.15) is 0 Å². The second-order valence-corrected chi connectivity index (χ2v) is 31.0. The third kappa shape index (κ3) is 64.7. The van der Waals surface area contributed by atoms with Crippen LogP contribution in [0.15, 0.2) is 70.7 Å². The van der Waals surface area contributed by atoms with E-state index in [-0.39, 0.29) is 16.5 Å². The first kappa shape index (κ1) is 95.1. The Morgan fingerprint density at radius 1 is 0.260 bits per heavy atom. The van der Waals surface area contributed by atoms with Crippen molar-refractivity contribution in [2.24, 2.45) is 9.98 Å². The Labute approximate surface area is 637 Å². The molecule has 0 amide bonds. The molecule has 0 unspecified atom stereocenters. The minimum absolute atomic E-state index is 0. The molecule has 0 aliphatic rings. The minimum atomic E-state index is 0. The first-order valence-electron chi connectivity index (χ1n) is 45.1. The smallest absolute Gasteiger partial charge is 0.251 e. The van der Waals surface area contributed by atoms with E-state index in [0.717, 1.165) is 87.0 Å². The average molecular weight is 1420 g/mol. The molecular weight excluding hydrogens is 1250 g/mol. The van der Waals surface area contributed by atoms with Crippen molar-refractivity contribution in [3.05, 3.63) is 71.8 Å². The number of nitrogens with zero attached hydrogens (tertiary/aromatic N) is 2. The number of aryl methyl sites for hydroxylation is 2. The summed E-state index contributed by atoms with van der Waals surface area (Å²) < 4.78 is 0. The van der Waals surface area contributed by atoms with Crippen molar-refractivity contribution in [3.8, 4) is 23.7 Å². The predicted octanol–water partition coefficient (Wildman–Crippen LogP) is 34.0. The van der Waals surface area contributed by atoms with Gasteiger partial charge in [0.05, 0.1) is 22.8 Å². The van der Waals surface area contributed by atoms with Crippen LogP contribution in [0.1, 0.15) is 495 Å². The van der Waals surface area contributed by atoms with Crippen molar-refractivity contribution < 1.29 is 16.5 Å². The van der Waals surface area contributed by atoms with Gasteiger partial charge in [-0.15, -0.1) is 23.7 Å². The zero-order valence-corrected chi connectivity index (χ0v) is 68.6. The molecule has 0 bridgehead atoms. The van der Waals surface area contributed by atoms with Gasteiger partial charge in [-0.05, 0) is 80.7 Å². The summed E-state index contributed by atoms with van der Waals surface area (Å²) in [6.45, 7) is 9.24. The summed E-state index contributed by atoms with van der Waals surface area (Å²) in [5.74, 6) is 14.3. The molecular formula is C97H168N2Ni+2. The zero-order chi connectivity index (χ0) is 70.4. The molecule has 0 aliphatic heterocycles. The number of benzene rings is 2. The van der Waals surface area contributed by atoms with E-state index in [9.17, 15) is 0 Å². The van der Waals surface area contributed by atoms with Crippen LogP contribution >= 0.6 is 0 Å². The van der Waals surface area contributed by atoms with E-state index in [4.69, 9.17) is 9.98 Å². The van der Waals surface area contributed by atoms with Gasteiger partial charge in [0.2, 0.25) is 0 Å². The summed E-state index contributed by atoms with van der Waals surface area (Å²) in [6.07, 6.45) is 104. The molecule has 0 fully saturated rings. The molecule has 2 rings (SSSR count). The van der Waals surface area contributed by atoms with Crippen molar-refractivity contribution in [3.63, 3.8) is 0 Å². The fourth-order valence-corrected chi connectivity index (χ4v) is 14.6. The Morgan fingerprint density at radius 2 is 0.490 bits per heavy atom. The van der Waals surface area contributed by atoms with Gasteiger partial charge < -0.3 is 0 Å². The van der Waals surface area contributed by atoms with E-state index in [1.54, 1.807) is 0 Å². The quantitative estimate of drug-likeness (QED) is 0.0273. The van der Waals surface area contributed by atoms with Crippen LogP contribution < -0.4 is 0 Å². The van der Waals surface area contributed by atoms with Crippen LogP contribution in [0.2, 0.25) is 0 Å². The third-order valence-corrected chi connectivity index (χ3v) is 21.4. The van der Waals surface area contributed by atoms with E-state index in [0.29, 0.717) is 0 Å². The molecule has 0 atom stereocenters. The Bertz CT molecular complexity index is 2210. The van der Waals surface area contributed by atoms with E-state index >= 15 is 0 Å². The van der Waals surface area contributed by atoms with Gasteiger partial charge in [0.1, 0.15) is 0 Å². The molecule has 0 heterocycles. The van der Waals surface area contributed by atoms with Crippen LogP contribution in [0.3, 0.4) is 0 Å². The molecule has 0 spiro atoms. The molecule has 100 heavy (non-hydrogen) atoms. The van der Waals surface area contributed by atoms with Crippen molar-refractivity contribution in [2.45, 2.75) is 496 Å². The SMILES string of the molecule is CCCCCCCCCCCCCCCCCCCCC/C=C/C(=N/c1ccccc1CCC#CCCCCCCCCCCCCCCCCCCCCCCCC)C(/CCCC)=N/c1ccccc1CCC#CCCCCCCCCCCCCCCCCCCCCCCCC.[Ni+2]. The molecule has 3 heteroatoms. The van der Waals surface area contributed by atoms with E-state index in [2.05, 4.69) is 112 Å². The van der Waals surface area contributed by atoms with Gasteiger partial charge in [0.25, 0.3) is 0 Å². The van der Waals surface area contributed by atoms with Crippen molar-refractivity contribution in [2.75, 3.05) is 0 Å². The number of hydrogen-bond acceptors (Lipinski definition) is 2. The van der Waals surface area contributed by atoms with Crippen LogP contribution in [-0.4, -0.2) is 11.4 Å². The summed E-state index contributed by atoms with van der Waals surface area (Å²) >= 11 is 0. The topological polar surface area (TPSA) is 24.7 Å². The Morgan fingerprint density at radius 3 is 0.770 bits per heavy atom. The molecule has 2 nitrogen and oxygen atoms in total. The average Bonchev–Trinajstić information content (AvgIpc) is 0.873. The van der Waals surface area contributed by atoms with Crippen LogP contribution in [0, 0.1) is 23.7 Å². The van der Waals surface area contributed by atoms with Gasteiger partial charge in [-0.25, -0.2) is 4.99 Å². The Balaban J connectivity index is 0.0000500. The van der Waals surface area contributed by atoms with E-state index < -0.39 is 0 Å². The number of rotatable bonds is 75. The Kier molecular flexibility index (Phi) is 76.3. The molecule has 2 aromatic rings. The standard InChI is InChI=1S/C97H168N2.Ni/c1-5-9-13-16-19-22-25-28-31-34-37-40-42-44-46-48-51-53-56-59-62-65-68-71-74-77-84-92-86-80-82-89-94(92)98-96(88-12-8-4)97(91-79-76-73-70-67-64-61-58-55-50-39-36-33-30-27-24-21-18-15-11-7-3)99-95-90-83-81-87-93(95)85-78-75-72-69-66-63-60-57-54-52-49-47-45-43-41-38-35-32-29-26-23-20-17-14-10-6-2;/h79-83,86-87,89-91H,5-70,73,76-78,84-85,88H2,1-4H3;/q;+2/b91-79+,98-96+,99-97-;. The summed E-state index contributed by atoms with van der Waals surface area (Å²) in [6, 6.07) is 17.7. The van der Waals surface area contributed by atoms with Crippen LogP contribution in [0.5, 0.6) is 0 Å². The third-order valence-electron chi connectivity index (χ3n) is 21.4. The van der Waals surface area contributed by atoms with Crippen LogP contribution in [-0.2, 0) is 29.3 Å². The van der Waals surface area contributed by atoms with Gasteiger partial charge >= 0.3 is 16.5 Å². The van der Waals surface area contributed by atoms with Gasteiger partial charge in [-0.1, -0.05) is 462 Å². The first-order valence-corrected chi connectivity index (χ1v) is 45.1.